The Bertz CT molecular complexity index is 176. The zero-order valence-electron chi connectivity index (χ0n) is 5.89. The van der Waals surface area contributed by atoms with E-state index in [-0.39, 0.29) is 12.6 Å². The fourth-order valence-corrected chi connectivity index (χ4v) is 0. The Balaban J connectivity index is -0.000000107. The summed E-state index contributed by atoms with van der Waals surface area (Å²) in [7, 11) is -4.67. The molecule has 0 saturated carbocycles. The second kappa shape index (κ2) is 7.41. The number of hydrogen-bond acceptors (Lipinski definition) is 4. The number of carbonyl (C=O) groups is 1. The summed E-state index contributed by atoms with van der Waals surface area (Å²) >= 11 is 0. The van der Waals surface area contributed by atoms with Crippen LogP contribution in [0.1, 0.15) is 13.3 Å². The van der Waals surface area contributed by atoms with E-state index in [4.69, 9.17) is 22.6 Å². The lowest BCUT2D eigenvalue weighted by molar-refractivity contribution is -0.136. The van der Waals surface area contributed by atoms with Gasteiger partial charge in [0.2, 0.25) is 0 Å². The topological polar surface area (TPSA) is 147 Å². The van der Waals surface area contributed by atoms with Gasteiger partial charge in [0, 0.05) is 6.42 Å². The zero-order valence-corrected chi connectivity index (χ0v) is 6.71. The summed E-state index contributed by atoms with van der Waals surface area (Å²) in [5, 5.41) is 7.72. The Labute approximate surface area is 64.2 Å². The van der Waals surface area contributed by atoms with Crippen molar-refractivity contribution < 1.29 is 27.4 Å². The van der Waals surface area contributed by atoms with E-state index >= 15 is 0 Å². The maximum atomic E-state index is 9.37. The molecule has 0 heterocycles. The van der Waals surface area contributed by atoms with Crippen LogP contribution in [0.15, 0.2) is 0 Å². The highest BCUT2D eigenvalue weighted by Crippen LogP contribution is 1.67. The summed E-state index contributed by atoms with van der Waals surface area (Å²) < 4.78 is 31.6. The van der Waals surface area contributed by atoms with Crippen LogP contribution in [-0.2, 0) is 15.2 Å². The quantitative estimate of drug-likeness (QED) is 0.424. The van der Waals surface area contributed by atoms with Gasteiger partial charge in [0.25, 0.3) is 0 Å². The van der Waals surface area contributed by atoms with Crippen LogP contribution in [0.3, 0.4) is 0 Å². The fraction of sp³-hybridized carbons (Fsp3) is 0.667. The lowest BCUT2D eigenvalue weighted by atomic mass is 10.5. The Morgan fingerprint density at radius 2 is 1.45 bits per heavy atom. The standard InChI is InChI=1S/C3H6O2.H3N.H2O4S/c1-2-3(4)5;;1-5(2,3)4/h2H2,1H3,(H,4,5);1H3;(H2,1,2,3,4). The van der Waals surface area contributed by atoms with E-state index in [1.54, 1.807) is 6.92 Å². The van der Waals surface area contributed by atoms with E-state index in [0.717, 1.165) is 0 Å². The average molecular weight is 189 g/mol. The van der Waals surface area contributed by atoms with Crippen molar-refractivity contribution in [3.05, 3.63) is 0 Å². The Kier molecular flexibility index (Phi) is 11.3. The molecule has 0 aromatic rings. The minimum absolute atomic E-state index is 0. The Morgan fingerprint density at radius 3 is 1.45 bits per heavy atom. The molecule has 0 aromatic carbocycles. The first kappa shape index (κ1) is 16.7. The molecule has 0 aromatic heterocycles. The molecule has 0 bridgehead atoms. The van der Waals surface area contributed by atoms with Crippen LogP contribution in [0.5, 0.6) is 0 Å². The van der Waals surface area contributed by atoms with Gasteiger partial charge in [-0.25, -0.2) is 0 Å². The predicted molar refractivity (Wildman–Crippen MR) is 37.1 cm³/mol. The molecule has 0 rings (SSSR count). The third-order valence-electron chi connectivity index (χ3n) is 0.302. The van der Waals surface area contributed by atoms with Gasteiger partial charge in [0.15, 0.2) is 0 Å². The van der Waals surface area contributed by atoms with Crippen LogP contribution in [-0.4, -0.2) is 28.6 Å². The number of hydrogen-bond donors (Lipinski definition) is 4. The first-order valence-electron chi connectivity index (χ1n) is 2.19. The molecular weight excluding hydrogens is 178 g/mol. The molecule has 0 aliphatic heterocycles. The molecule has 11 heavy (non-hydrogen) atoms. The summed E-state index contributed by atoms with van der Waals surface area (Å²) in [5.41, 5.74) is 0. The lowest BCUT2D eigenvalue weighted by Crippen LogP contribution is -1.89. The third kappa shape index (κ3) is 293. The molecule has 0 amide bonds. The third-order valence-corrected chi connectivity index (χ3v) is 0.302. The molecule has 0 unspecified atom stereocenters. The minimum atomic E-state index is -4.67. The van der Waals surface area contributed by atoms with Crippen molar-refractivity contribution >= 4 is 16.4 Å². The SMILES string of the molecule is CCC(=O)O.N.O=S(=O)(O)O. The molecule has 70 valence electrons. The van der Waals surface area contributed by atoms with E-state index in [9.17, 15) is 4.79 Å². The number of carboxylic acids is 1. The van der Waals surface area contributed by atoms with Gasteiger partial charge >= 0.3 is 16.4 Å². The summed E-state index contributed by atoms with van der Waals surface area (Å²) in [6.07, 6.45) is 0.222. The average Bonchev–Trinajstić information content (AvgIpc) is 1.61. The molecule has 7 nitrogen and oxygen atoms in total. The lowest BCUT2D eigenvalue weighted by Gasteiger charge is -1.71. The maximum Gasteiger partial charge on any atom is 0.394 e. The molecule has 0 radical (unpaired) electrons. The molecular formula is C3H11NO6S. The van der Waals surface area contributed by atoms with E-state index in [1.165, 1.54) is 0 Å². The maximum absolute atomic E-state index is 9.37. The highest BCUT2D eigenvalue weighted by Gasteiger charge is 1.84. The van der Waals surface area contributed by atoms with Crippen LogP contribution < -0.4 is 6.15 Å². The van der Waals surface area contributed by atoms with E-state index in [0.29, 0.717) is 0 Å². The second-order valence-electron chi connectivity index (χ2n) is 1.20. The van der Waals surface area contributed by atoms with Crippen molar-refractivity contribution in [3.63, 3.8) is 0 Å². The number of carboxylic acid groups (broad SMARTS) is 1. The van der Waals surface area contributed by atoms with Crippen molar-refractivity contribution in [1.29, 1.82) is 0 Å². The van der Waals surface area contributed by atoms with Gasteiger partial charge in [0.1, 0.15) is 0 Å². The zero-order chi connectivity index (χ0) is 8.78. The van der Waals surface area contributed by atoms with Gasteiger partial charge in [-0.1, -0.05) is 6.92 Å². The van der Waals surface area contributed by atoms with Crippen molar-refractivity contribution in [2.24, 2.45) is 0 Å². The van der Waals surface area contributed by atoms with Crippen molar-refractivity contribution in [3.8, 4) is 0 Å². The molecule has 0 saturated heterocycles. The fourth-order valence-electron chi connectivity index (χ4n) is 0. The van der Waals surface area contributed by atoms with Crippen LogP contribution in [0, 0.1) is 0 Å². The molecule has 6 N–H and O–H groups in total. The number of aliphatic carboxylic acids is 1. The minimum Gasteiger partial charge on any atom is -0.481 e. The van der Waals surface area contributed by atoms with Crippen molar-refractivity contribution in [1.82, 2.24) is 6.15 Å². The summed E-state index contributed by atoms with van der Waals surface area (Å²) in [5.74, 6) is -0.745. The van der Waals surface area contributed by atoms with Gasteiger partial charge in [0.05, 0.1) is 0 Å². The molecule has 0 aliphatic carbocycles. The predicted octanol–water partition coefficient (Wildman–Crippen LogP) is -0.00980. The molecule has 8 heteroatoms. The van der Waals surface area contributed by atoms with Gasteiger partial charge in [-0.3, -0.25) is 13.9 Å². The van der Waals surface area contributed by atoms with Crippen molar-refractivity contribution in [2.75, 3.05) is 0 Å². The molecule has 0 aliphatic rings. The largest absolute Gasteiger partial charge is 0.481 e. The van der Waals surface area contributed by atoms with Crippen LogP contribution in [0.4, 0.5) is 0 Å². The molecule has 0 atom stereocenters. The Hall–Kier alpha value is -0.700. The van der Waals surface area contributed by atoms with Gasteiger partial charge in [-0.2, -0.15) is 8.42 Å². The van der Waals surface area contributed by atoms with Crippen LogP contribution >= 0.6 is 0 Å². The van der Waals surface area contributed by atoms with Gasteiger partial charge in [-0.15, -0.1) is 0 Å². The summed E-state index contributed by atoms with van der Waals surface area (Å²) in [4.78, 5) is 9.37. The van der Waals surface area contributed by atoms with Crippen LogP contribution in [0.25, 0.3) is 0 Å². The summed E-state index contributed by atoms with van der Waals surface area (Å²) in [6, 6.07) is 0. The second-order valence-corrected chi connectivity index (χ2v) is 2.09. The van der Waals surface area contributed by atoms with Gasteiger partial charge in [-0.05, 0) is 0 Å². The van der Waals surface area contributed by atoms with E-state index in [2.05, 4.69) is 0 Å². The Morgan fingerprint density at radius 1 is 1.36 bits per heavy atom. The number of rotatable bonds is 1. The normalized spacial score (nSPS) is 8.64. The molecule has 0 spiro atoms. The van der Waals surface area contributed by atoms with Crippen molar-refractivity contribution in [2.45, 2.75) is 13.3 Å². The monoisotopic (exact) mass is 189 g/mol. The summed E-state index contributed by atoms with van der Waals surface area (Å²) in [6.45, 7) is 1.60. The highest BCUT2D eigenvalue weighted by molar-refractivity contribution is 7.79. The van der Waals surface area contributed by atoms with Crippen LogP contribution in [0.2, 0.25) is 0 Å². The smallest absolute Gasteiger partial charge is 0.394 e. The first-order chi connectivity index (χ1) is 4.27. The van der Waals surface area contributed by atoms with E-state index in [1.807, 2.05) is 0 Å². The highest BCUT2D eigenvalue weighted by atomic mass is 32.3. The van der Waals surface area contributed by atoms with Gasteiger partial charge < -0.3 is 11.3 Å². The van der Waals surface area contributed by atoms with E-state index < -0.39 is 16.4 Å². The first-order valence-corrected chi connectivity index (χ1v) is 3.58. The molecule has 0 fully saturated rings.